The molecule has 3 heteroatoms. The van der Waals surface area contributed by atoms with Crippen molar-refractivity contribution in [2.45, 2.75) is 52.4 Å². The molecule has 1 atom stereocenters. The molecule has 0 N–H and O–H groups in total. The van der Waals surface area contributed by atoms with Crippen molar-refractivity contribution in [1.82, 2.24) is 0 Å². The maximum absolute atomic E-state index is 13.6. The van der Waals surface area contributed by atoms with Gasteiger partial charge in [-0.1, -0.05) is 87.6 Å². The van der Waals surface area contributed by atoms with Gasteiger partial charge in [-0.15, -0.1) is 0 Å². The third kappa shape index (κ3) is 5.28. The van der Waals surface area contributed by atoms with E-state index in [9.17, 15) is 13.2 Å². The van der Waals surface area contributed by atoms with Gasteiger partial charge in [-0.3, -0.25) is 0 Å². The molecule has 35 heavy (non-hydrogen) atoms. The summed E-state index contributed by atoms with van der Waals surface area (Å²) in [6.07, 6.45) is 4.47. The van der Waals surface area contributed by atoms with Crippen LogP contribution >= 0.6 is 0 Å². The normalized spacial score (nSPS) is 11.8. The Morgan fingerprint density at radius 1 is 0.771 bits per heavy atom. The molecule has 1 unspecified atom stereocenters. The molecule has 0 aliphatic rings. The second-order valence-corrected chi connectivity index (χ2v) is 8.96. The highest BCUT2D eigenvalue weighted by Gasteiger charge is 2.16. The minimum absolute atomic E-state index is 0.0960. The molecule has 4 aromatic rings. The Balaban J connectivity index is 1.74. The van der Waals surface area contributed by atoms with Crippen LogP contribution in [-0.2, 0) is 12.8 Å². The van der Waals surface area contributed by atoms with E-state index in [4.69, 9.17) is 0 Å². The number of aryl methyl sites for hydroxylation is 2. The molecule has 0 spiro atoms. The van der Waals surface area contributed by atoms with Gasteiger partial charge in [0.15, 0.2) is 17.5 Å². The first-order valence-corrected chi connectivity index (χ1v) is 12.2. The van der Waals surface area contributed by atoms with Crippen LogP contribution in [-0.4, -0.2) is 0 Å². The molecule has 0 fully saturated rings. The lowest BCUT2D eigenvalue weighted by atomic mass is 9.84. The predicted octanol–water partition coefficient (Wildman–Crippen LogP) is 8.71. The van der Waals surface area contributed by atoms with E-state index in [-0.39, 0.29) is 11.5 Å². The Morgan fingerprint density at radius 3 is 2.14 bits per heavy atom. The van der Waals surface area contributed by atoms with E-state index in [0.29, 0.717) is 0 Å². The highest BCUT2D eigenvalue weighted by Crippen LogP contribution is 2.34. The molecule has 4 aromatic carbocycles. The predicted molar refractivity (Wildman–Crippen MR) is 138 cm³/mol. The lowest BCUT2D eigenvalue weighted by molar-refractivity contribution is 0.446. The number of benzene rings is 4. The number of rotatable bonds is 6. The summed E-state index contributed by atoms with van der Waals surface area (Å²) in [5.41, 5.74) is 6.16. The summed E-state index contributed by atoms with van der Waals surface area (Å²) in [6.45, 7) is 6.65. The van der Waals surface area contributed by atoms with Gasteiger partial charge in [-0.05, 0) is 70.5 Å². The molecule has 0 radical (unpaired) electrons. The van der Waals surface area contributed by atoms with E-state index < -0.39 is 17.5 Å². The molecule has 0 amide bonds. The van der Waals surface area contributed by atoms with Crippen LogP contribution < -0.4 is 0 Å². The summed E-state index contributed by atoms with van der Waals surface area (Å²) in [7, 11) is 0. The summed E-state index contributed by atoms with van der Waals surface area (Å²) >= 11 is 0. The molecule has 0 bridgehead atoms. The highest BCUT2D eigenvalue weighted by molar-refractivity contribution is 5.91. The Bertz CT molecular complexity index is 1400. The third-order valence-corrected chi connectivity index (χ3v) is 6.62. The fraction of sp³-hybridized carbons (Fsp3) is 0.250. The van der Waals surface area contributed by atoms with Crippen LogP contribution in [0.5, 0.6) is 0 Å². The number of unbranched alkanes of at least 4 members (excludes halogenated alkanes) is 1. The second-order valence-electron chi connectivity index (χ2n) is 8.96. The van der Waals surface area contributed by atoms with E-state index in [2.05, 4.69) is 62.9 Å². The summed E-state index contributed by atoms with van der Waals surface area (Å²) in [4.78, 5) is 0. The van der Waals surface area contributed by atoms with Crippen LogP contribution in [0.4, 0.5) is 13.2 Å². The van der Waals surface area contributed by atoms with Crippen molar-refractivity contribution in [1.29, 1.82) is 0 Å². The summed E-state index contributed by atoms with van der Waals surface area (Å²) in [5.74, 6) is 2.04. The fourth-order valence-corrected chi connectivity index (χ4v) is 4.67. The Kier molecular flexibility index (Phi) is 7.61. The van der Waals surface area contributed by atoms with Gasteiger partial charge < -0.3 is 0 Å². The average Bonchev–Trinajstić information content (AvgIpc) is 2.88. The zero-order chi connectivity index (χ0) is 24.9. The SMILES string of the molecule is CCCCc1ccc(C(C)c2ccc(C#Cc3cc(F)c(F)c(F)c3)c3ccccc23)c(CC)c1. The molecule has 0 nitrogen and oxygen atoms in total. The average molecular weight is 471 g/mol. The quantitative estimate of drug-likeness (QED) is 0.195. The van der Waals surface area contributed by atoms with Crippen LogP contribution in [0.25, 0.3) is 10.8 Å². The van der Waals surface area contributed by atoms with Crippen molar-refractivity contribution in [2.24, 2.45) is 0 Å². The highest BCUT2D eigenvalue weighted by atomic mass is 19.2. The Morgan fingerprint density at radius 2 is 1.46 bits per heavy atom. The monoisotopic (exact) mass is 470 g/mol. The van der Waals surface area contributed by atoms with Gasteiger partial charge in [0.25, 0.3) is 0 Å². The first kappa shape index (κ1) is 24.6. The first-order chi connectivity index (χ1) is 16.9. The zero-order valence-electron chi connectivity index (χ0n) is 20.4. The standard InChI is InChI=1S/C32H29F3/c1-4-6-9-22-13-16-26(24(5-2)18-22)21(3)27-17-15-25(28-10-7-8-11-29(27)28)14-12-23-19-30(33)32(35)31(34)20-23/h7-8,10-11,13,15-21H,4-6,9H2,1-3H3. The molecular formula is C32H29F3. The van der Waals surface area contributed by atoms with Crippen LogP contribution in [0.1, 0.15) is 72.9 Å². The van der Waals surface area contributed by atoms with Crippen LogP contribution in [0.2, 0.25) is 0 Å². The molecular weight excluding hydrogens is 441 g/mol. The van der Waals surface area contributed by atoms with Gasteiger partial charge in [0, 0.05) is 17.0 Å². The first-order valence-electron chi connectivity index (χ1n) is 12.2. The maximum Gasteiger partial charge on any atom is 0.194 e. The lowest BCUT2D eigenvalue weighted by Crippen LogP contribution is -2.03. The summed E-state index contributed by atoms with van der Waals surface area (Å²) < 4.78 is 40.4. The van der Waals surface area contributed by atoms with Crippen LogP contribution in [0, 0.1) is 29.3 Å². The van der Waals surface area contributed by atoms with Gasteiger partial charge in [-0.25, -0.2) is 13.2 Å². The number of hydrogen-bond donors (Lipinski definition) is 0. The molecule has 178 valence electrons. The van der Waals surface area contributed by atoms with Crippen molar-refractivity contribution < 1.29 is 13.2 Å². The van der Waals surface area contributed by atoms with Gasteiger partial charge in [-0.2, -0.15) is 0 Å². The van der Waals surface area contributed by atoms with Crippen molar-refractivity contribution >= 4 is 10.8 Å². The topological polar surface area (TPSA) is 0 Å². The van der Waals surface area contributed by atoms with E-state index in [1.165, 1.54) is 35.1 Å². The van der Waals surface area contributed by atoms with Gasteiger partial charge in [0.1, 0.15) is 0 Å². The molecule has 0 heterocycles. The van der Waals surface area contributed by atoms with Gasteiger partial charge in [0.05, 0.1) is 0 Å². The van der Waals surface area contributed by atoms with Crippen molar-refractivity contribution in [3.63, 3.8) is 0 Å². The molecule has 0 aliphatic heterocycles. The largest absolute Gasteiger partial charge is 0.204 e. The second kappa shape index (κ2) is 10.8. The molecule has 4 rings (SSSR count). The van der Waals surface area contributed by atoms with Crippen LogP contribution in [0.3, 0.4) is 0 Å². The Hall–Kier alpha value is -3.51. The summed E-state index contributed by atoms with van der Waals surface area (Å²) in [5, 5.41) is 2.07. The van der Waals surface area contributed by atoms with Crippen molar-refractivity contribution in [2.75, 3.05) is 0 Å². The van der Waals surface area contributed by atoms with E-state index >= 15 is 0 Å². The van der Waals surface area contributed by atoms with Crippen molar-refractivity contribution in [3.8, 4) is 11.8 Å². The molecule has 0 aliphatic carbocycles. The van der Waals surface area contributed by atoms with Gasteiger partial charge in [0.2, 0.25) is 0 Å². The smallest absolute Gasteiger partial charge is 0.194 e. The fourth-order valence-electron chi connectivity index (χ4n) is 4.67. The number of hydrogen-bond acceptors (Lipinski definition) is 0. The maximum atomic E-state index is 13.6. The third-order valence-electron chi connectivity index (χ3n) is 6.62. The van der Waals surface area contributed by atoms with Crippen molar-refractivity contribution in [3.05, 3.63) is 118 Å². The molecule has 0 saturated heterocycles. The number of fused-ring (bicyclic) bond motifs is 1. The van der Waals surface area contributed by atoms with Gasteiger partial charge >= 0.3 is 0 Å². The van der Waals surface area contributed by atoms with E-state index in [1.807, 2.05) is 24.3 Å². The minimum Gasteiger partial charge on any atom is -0.204 e. The zero-order valence-corrected chi connectivity index (χ0v) is 20.4. The van der Waals surface area contributed by atoms with E-state index in [0.717, 1.165) is 41.3 Å². The minimum atomic E-state index is -1.48. The van der Waals surface area contributed by atoms with E-state index in [1.54, 1.807) is 0 Å². The number of halogens is 3. The molecule has 0 aromatic heterocycles. The lowest BCUT2D eigenvalue weighted by Gasteiger charge is -2.20. The summed E-state index contributed by atoms with van der Waals surface area (Å²) in [6, 6.07) is 20.8. The van der Waals surface area contributed by atoms with Crippen LogP contribution in [0.15, 0.2) is 66.7 Å². The Labute approximate surface area is 205 Å². The molecule has 0 saturated carbocycles.